The van der Waals surface area contributed by atoms with Crippen molar-refractivity contribution < 1.29 is 13.2 Å². The fourth-order valence-electron chi connectivity index (χ4n) is 3.95. The second kappa shape index (κ2) is 9.96. The van der Waals surface area contributed by atoms with E-state index in [1.807, 2.05) is 56.7 Å². The van der Waals surface area contributed by atoms with Gasteiger partial charge in [0.15, 0.2) is 5.82 Å². The molecule has 0 atom stereocenters. The monoisotopic (exact) mass is 495 g/mol. The van der Waals surface area contributed by atoms with Gasteiger partial charge in [0.05, 0.1) is 15.9 Å². The first-order valence-electron chi connectivity index (χ1n) is 11.5. The summed E-state index contributed by atoms with van der Waals surface area (Å²) in [6.45, 7) is 6.27. The van der Waals surface area contributed by atoms with Crippen LogP contribution in [-0.2, 0) is 28.3 Å². The van der Waals surface area contributed by atoms with Crippen molar-refractivity contribution in [1.29, 1.82) is 0 Å². The molecule has 0 fully saturated rings. The standard InChI is InChI=1S/C24H29N7O3S/c1-5-31(6-2)35(33,34)19-11-12-21-20(15-19)27-22(30(21)4)13-14-23(32)26-18-9-7-17(8-10-18)24-25-16(3)28-29-24/h7-12,15H,5-6,13-14H2,1-4H3,(H,26,32)(H,25,28,29). The maximum absolute atomic E-state index is 12.9. The number of aryl methyl sites for hydroxylation is 3. The summed E-state index contributed by atoms with van der Waals surface area (Å²) < 4.78 is 29.0. The predicted octanol–water partition coefficient (Wildman–Crippen LogP) is 3.27. The average molecular weight is 496 g/mol. The number of H-pyrrole nitrogens is 1. The number of hydrogen-bond donors (Lipinski definition) is 2. The molecule has 0 aliphatic heterocycles. The van der Waals surface area contributed by atoms with Gasteiger partial charge in [0, 0.05) is 44.2 Å². The summed E-state index contributed by atoms with van der Waals surface area (Å²) in [5, 5.41) is 9.84. The molecule has 4 rings (SSSR count). The second-order valence-corrected chi connectivity index (χ2v) is 10.1. The first-order valence-corrected chi connectivity index (χ1v) is 12.9. The van der Waals surface area contributed by atoms with Gasteiger partial charge in [0.1, 0.15) is 11.6 Å². The highest BCUT2D eigenvalue weighted by Gasteiger charge is 2.22. The molecule has 0 spiro atoms. The number of carbonyl (C=O) groups excluding carboxylic acids is 1. The van der Waals surface area contributed by atoms with Crippen molar-refractivity contribution in [3.05, 3.63) is 54.1 Å². The van der Waals surface area contributed by atoms with Crippen LogP contribution in [-0.4, -0.2) is 56.5 Å². The minimum atomic E-state index is -3.57. The average Bonchev–Trinajstić information content (AvgIpc) is 3.41. The molecule has 0 unspecified atom stereocenters. The molecular formula is C24H29N7O3S. The van der Waals surface area contributed by atoms with Crippen molar-refractivity contribution >= 4 is 32.7 Å². The Bertz CT molecular complexity index is 1450. The van der Waals surface area contributed by atoms with Crippen molar-refractivity contribution in [3.63, 3.8) is 0 Å². The lowest BCUT2D eigenvalue weighted by molar-refractivity contribution is -0.116. The zero-order valence-corrected chi connectivity index (χ0v) is 21.1. The molecule has 1 amide bonds. The minimum Gasteiger partial charge on any atom is -0.331 e. The third-order valence-electron chi connectivity index (χ3n) is 5.89. The predicted molar refractivity (Wildman–Crippen MR) is 134 cm³/mol. The zero-order valence-electron chi connectivity index (χ0n) is 20.2. The van der Waals surface area contributed by atoms with Crippen LogP contribution in [0.25, 0.3) is 22.4 Å². The lowest BCUT2D eigenvalue weighted by Gasteiger charge is -2.18. The number of nitrogens with zero attached hydrogens (tertiary/aromatic N) is 5. The van der Waals surface area contributed by atoms with E-state index in [9.17, 15) is 13.2 Å². The van der Waals surface area contributed by atoms with E-state index in [0.29, 0.717) is 42.4 Å². The molecule has 10 nitrogen and oxygen atoms in total. The molecule has 2 heterocycles. The smallest absolute Gasteiger partial charge is 0.243 e. The summed E-state index contributed by atoms with van der Waals surface area (Å²) in [6, 6.07) is 12.3. The van der Waals surface area contributed by atoms with Crippen molar-refractivity contribution in [2.75, 3.05) is 18.4 Å². The van der Waals surface area contributed by atoms with Gasteiger partial charge in [-0.2, -0.15) is 9.40 Å². The molecule has 0 saturated carbocycles. The number of aromatic nitrogens is 5. The van der Waals surface area contributed by atoms with Gasteiger partial charge in [-0.15, -0.1) is 0 Å². The normalized spacial score (nSPS) is 11.9. The van der Waals surface area contributed by atoms with E-state index < -0.39 is 10.0 Å². The maximum Gasteiger partial charge on any atom is 0.243 e. The van der Waals surface area contributed by atoms with E-state index in [4.69, 9.17) is 0 Å². The Morgan fingerprint density at radius 1 is 1.09 bits per heavy atom. The number of fused-ring (bicyclic) bond motifs is 1. The van der Waals surface area contributed by atoms with Crippen LogP contribution in [0, 0.1) is 6.92 Å². The molecule has 184 valence electrons. The van der Waals surface area contributed by atoms with Crippen molar-refractivity contribution in [2.45, 2.75) is 38.5 Å². The lowest BCUT2D eigenvalue weighted by atomic mass is 10.2. The van der Waals surface area contributed by atoms with Crippen LogP contribution in [0.2, 0.25) is 0 Å². The Kier molecular flexibility index (Phi) is 6.99. The summed E-state index contributed by atoms with van der Waals surface area (Å²) in [5.74, 6) is 1.92. The number of imidazole rings is 1. The van der Waals surface area contributed by atoms with E-state index in [2.05, 4.69) is 25.5 Å². The van der Waals surface area contributed by atoms with Gasteiger partial charge < -0.3 is 9.88 Å². The first-order chi connectivity index (χ1) is 16.7. The van der Waals surface area contributed by atoms with Gasteiger partial charge in [-0.25, -0.2) is 18.4 Å². The molecule has 35 heavy (non-hydrogen) atoms. The fourth-order valence-corrected chi connectivity index (χ4v) is 5.43. The van der Waals surface area contributed by atoms with Gasteiger partial charge >= 0.3 is 0 Å². The largest absolute Gasteiger partial charge is 0.331 e. The fraction of sp³-hybridized carbons (Fsp3) is 0.333. The highest BCUT2D eigenvalue weighted by atomic mass is 32.2. The van der Waals surface area contributed by atoms with Crippen LogP contribution in [0.3, 0.4) is 0 Å². The molecular weight excluding hydrogens is 466 g/mol. The van der Waals surface area contributed by atoms with Crippen LogP contribution in [0.4, 0.5) is 5.69 Å². The molecule has 0 bridgehead atoms. The van der Waals surface area contributed by atoms with Crippen molar-refractivity contribution in [3.8, 4) is 11.4 Å². The summed E-state index contributed by atoms with van der Waals surface area (Å²) in [7, 11) is -1.70. The summed E-state index contributed by atoms with van der Waals surface area (Å²) in [6.07, 6.45) is 0.660. The third kappa shape index (κ3) is 5.10. The van der Waals surface area contributed by atoms with Crippen LogP contribution in [0.15, 0.2) is 47.4 Å². The molecule has 4 aromatic rings. The van der Waals surface area contributed by atoms with E-state index in [1.54, 1.807) is 18.2 Å². The summed E-state index contributed by atoms with van der Waals surface area (Å²) in [4.78, 5) is 21.7. The number of nitrogens with one attached hydrogen (secondary N) is 2. The van der Waals surface area contributed by atoms with E-state index >= 15 is 0 Å². The Morgan fingerprint density at radius 2 is 1.80 bits per heavy atom. The Balaban J connectivity index is 1.43. The molecule has 0 saturated heterocycles. The van der Waals surface area contributed by atoms with Crippen molar-refractivity contribution in [2.24, 2.45) is 7.05 Å². The molecule has 2 aromatic carbocycles. The van der Waals surface area contributed by atoms with Gasteiger partial charge in [-0.3, -0.25) is 9.89 Å². The Labute approximate surface area is 204 Å². The van der Waals surface area contributed by atoms with E-state index in [0.717, 1.165) is 16.9 Å². The number of sulfonamides is 1. The molecule has 2 aromatic heterocycles. The summed E-state index contributed by atoms with van der Waals surface area (Å²) >= 11 is 0. The highest BCUT2D eigenvalue weighted by Crippen LogP contribution is 2.23. The lowest BCUT2D eigenvalue weighted by Crippen LogP contribution is -2.30. The molecule has 11 heteroatoms. The Hall–Kier alpha value is -3.57. The molecule has 0 aliphatic rings. The molecule has 0 aliphatic carbocycles. The SMILES string of the molecule is CCN(CC)S(=O)(=O)c1ccc2c(c1)nc(CCC(=O)Nc1ccc(-c3n[nH]c(C)n3)cc1)n2C. The molecule has 2 N–H and O–H groups in total. The number of benzene rings is 2. The van der Waals surface area contributed by atoms with Gasteiger partial charge in [0.25, 0.3) is 0 Å². The van der Waals surface area contributed by atoms with Gasteiger partial charge in [-0.05, 0) is 49.4 Å². The van der Waals surface area contributed by atoms with Crippen molar-refractivity contribution in [1.82, 2.24) is 29.0 Å². The first kappa shape index (κ1) is 24.6. The van der Waals surface area contributed by atoms with Crippen LogP contribution < -0.4 is 5.32 Å². The van der Waals surface area contributed by atoms with Crippen LogP contribution in [0.1, 0.15) is 31.9 Å². The van der Waals surface area contributed by atoms with Crippen LogP contribution in [0.5, 0.6) is 0 Å². The molecule has 0 radical (unpaired) electrons. The number of anilines is 1. The number of amides is 1. The van der Waals surface area contributed by atoms with Crippen LogP contribution >= 0.6 is 0 Å². The number of hydrogen-bond acceptors (Lipinski definition) is 6. The highest BCUT2D eigenvalue weighted by molar-refractivity contribution is 7.89. The van der Waals surface area contributed by atoms with E-state index in [-0.39, 0.29) is 17.2 Å². The minimum absolute atomic E-state index is 0.136. The maximum atomic E-state index is 12.9. The van der Waals surface area contributed by atoms with E-state index in [1.165, 1.54) is 4.31 Å². The zero-order chi connectivity index (χ0) is 25.2. The number of carbonyl (C=O) groups is 1. The number of aromatic amines is 1. The Morgan fingerprint density at radius 3 is 2.43 bits per heavy atom. The summed E-state index contributed by atoms with van der Waals surface area (Å²) in [5.41, 5.74) is 2.95. The van der Waals surface area contributed by atoms with Gasteiger partial charge in [-0.1, -0.05) is 13.8 Å². The number of rotatable bonds is 9. The second-order valence-electron chi connectivity index (χ2n) is 8.20. The third-order valence-corrected chi connectivity index (χ3v) is 7.93. The van der Waals surface area contributed by atoms with Gasteiger partial charge in [0.2, 0.25) is 15.9 Å². The quantitative estimate of drug-likeness (QED) is 0.367. The topological polar surface area (TPSA) is 126 Å².